The number of carbonyl (C=O) groups excluding carboxylic acids is 3. The van der Waals surface area contributed by atoms with Gasteiger partial charge in [-0.3, -0.25) is 19.2 Å². The first-order valence-corrected chi connectivity index (χ1v) is 13.5. The molecule has 0 radical (unpaired) electrons. The summed E-state index contributed by atoms with van der Waals surface area (Å²) in [6.45, 7) is 12.8. The van der Waals surface area contributed by atoms with E-state index in [9.17, 15) is 24.3 Å². The third-order valence-electron chi connectivity index (χ3n) is 6.98. The molecule has 1 rings (SSSR count). The Morgan fingerprint density at radius 2 is 1.45 bits per heavy atom. The fourth-order valence-electron chi connectivity index (χ4n) is 3.75. The van der Waals surface area contributed by atoms with Gasteiger partial charge in [-0.05, 0) is 57.7 Å². The minimum absolute atomic E-state index is 0.0139. The predicted octanol–water partition coefficient (Wildman–Crippen LogP) is 5.38. The van der Waals surface area contributed by atoms with Crippen LogP contribution in [0.1, 0.15) is 105 Å². The molecule has 0 aliphatic heterocycles. The number of carbonyl (C=O) groups is 4. The van der Waals surface area contributed by atoms with Crippen LogP contribution in [-0.4, -0.2) is 41.1 Å². The number of benzene rings is 1. The number of unbranched alkanes of at least 4 members (excludes halogenated alkanes) is 2. The van der Waals surface area contributed by atoms with Crippen LogP contribution in [0.25, 0.3) is 0 Å². The van der Waals surface area contributed by atoms with Crippen LogP contribution in [0.2, 0.25) is 0 Å². The highest BCUT2D eigenvalue weighted by Gasteiger charge is 2.37. The van der Waals surface area contributed by atoms with Gasteiger partial charge in [0.05, 0.1) is 5.41 Å². The zero-order valence-electron chi connectivity index (χ0n) is 23.9. The number of carboxylic acids is 1. The summed E-state index contributed by atoms with van der Waals surface area (Å²) in [6, 6.07) is 3.22. The maximum absolute atomic E-state index is 12.7. The Labute approximate surface area is 226 Å². The lowest BCUT2D eigenvalue weighted by atomic mass is 9.79. The van der Waals surface area contributed by atoms with Gasteiger partial charge in [-0.1, -0.05) is 46.6 Å². The molecule has 214 valence electrons. The molecule has 1 aromatic carbocycles. The topological polar surface area (TPSA) is 142 Å². The highest BCUT2D eigenvalue weighted by molar-refractivity contribution is 5.78. The van der Waals surface area contributed by atoms with E-state index in [-0.39, 0.29) is 30.3 Å². The van der Waals surface area contributed by atoms with Crippen molar-refractivity contribution >= 4 is 23.9 Å². The minimum atomic E-state index is -1.34. The van der Waals surface area contributed by atoms with Crippen LogP contribution in [0.5, 0.6) is 11.5 Å². The Hall–Kier alpha value is -2.94. The fraction of sp³-hybridized carbons (Fsp3) is 0.655. The van der Waals surface area contributed by atoms with Crippen molar-refractivity contribution in [3.8, 4) is 11.5 Å². The van der Waals surface area contributed by atoms with Crippen LogP contribution in [0.15, 0.2) is 18.2 Å². The van der Waals surface area contributed by atoms with E-state index in [1.165, 1.54) is 12.1 Å². The zero-order valence-corrected chi connectivity index (χ0v) is 23.9. The minimum Gasteiger partial charge on any atom is -0.480 e. The fourth-order valence-corrected chi connectivity index (χ4v) is 3.75. The van der Waals surface area contributed by atoms with Gasteiger partial charge in [0.1, 0.15) is 12.1 Å². The van der Waals surface area contributed by atoms with E-state index in [2.05, 4.69) is 0 Å². The van der Waals surface area contributed by atoms with Crippen molar-refractivity contribution in [3.05, 3.63) is 23.8 Å². The van der Waals surface area contributed by atoms with Crippen LogP contribution in [0.4, 0.5) is 0 Å². The summed E-state index contributed by atoms with van der Waals surface area (Å²) in [4.78, 5) is 49.4. The van der Waals surface area contributed by atoms with E-state index in [1.54, 1.807) is 33.8 Å². The van der Waals surface area contributed by atoms with Crippen molar-refractivity contribution in [2.75, 3.05) is 0 Å². The van der Waals surface area contributed by atoms with Crippen LogP contribution in [0.3, 0.4) is 0 Å². The summed E-state index contributed by atoms with van der Waals surface area (Å²) < 4.78 is 16.7. The average Bonchev–Trinajstić information content (AvgIpc) is 2.87. The number of nitrogens with two attached hydrogens (primary N) is 1. The number of aliphatic carboxylic acids is 1. The Morgan fingerprint density at radius 3 is 1.92 bits per heavy atom. The monoisotopic (exact) mass is 535 g/mol. The molecule has 3 N–H and O–H groups in total. The van der Waals surface area contributed by atoms with Crippen LogP contribution < -0.4 is 15.2 Å². The second kappa shape index (κ2) is 15.5. The molecule has 9 nitrogen and oxygen atoms in total. The van der Waals surface area contributed by atoms with E-state index in [0.29, 0.717) is 24.8 Å². The van der Waals surface area contributed by atoms with Gasteiger partial charge in [-0.15, -0.1) is 0 Å². The first-order chi connectivity index (χ1) is 17.8. The molecule has 0 saturated heterocycles. The predicted molar refractivity (Wildman–Crippen MR) is 144 cm³/mol. The third kappa shape index (κ3) is 9.74. The van der Waals surface area contributed by atoms with Crippen molar-refractivity contribution in [2.45, 2.75) is 111 Å². The van der Waals surface area contributed by atoms with Gasteiger partial charge in [0.15, 0.2) is 11.5 Å². The molecular formula is C29H45NO8. The standard InChI is InChI=1S/C29H45NO8/c1-8-11-13-23(31)37-21-16-15-20(17-22(21)38-24(32)14-12-9-2)25(26(30)27(33)34)18(4)19(5)36-28(35)29(6,7)10-3/h15-19,25-26H,8-14,30H2,1-7H3,(H,33,34)/t18?,19?,25?,26-/m0/s1. The number of carboxylic acid groups (broad SMARTS) is 1. The molecule has 0 spiro atoms. The van der Waals surface area contributed by atoms with Crippen LogP contribution in [-0.2, 0) is 23.9 Å². The zero-order chi connectivity index (χ0) is 29.0. The number of ether oxygens (including phenoxy) is 3. The second-order valence-electron chi connectivity index (χ2n) is 10.5. The van der Waals surface area contributed by atoms with E-state index < -0.39 is 47.3 Å². The van der Waals surface area contributed by atoms with E-state index in [1.807, 2.05) is 20.8 Å². The highest BCUT2D eigenvalue weighted by atomic mass is 16.6. The van der Waals surface area contributed by atoms with Gasteiger partial charge in [-0.2, -0.15) is 0 Å². The lowest BCUT2D eigenvalue weighted by Gasteiger charge is -2.33. The molecule has 1 aromatic rings. The molecule has 0 heterocycles. The van der Waals surface area contributed by atoms with Crippen molar-refractivity contribution in [1.82, 2.24) is 0 Å². The normalized spacial score (nSPS) is 14.6. The second-order valence-corrected chi connectivity index (χ2v) is 10.5. The molecule has 0 aromatic heterocycles. The number of hydrogen-bond acceptors (Lipinski definition) is 8. The number of rotatable bonds is 16. The van der Waals surface area contributed by atoms with Crippen molar-refractivity contribution < 1.29 is 38.5 Å². The van der Waals surface area contributed by atoms with Crippen LogP contribution >= 0.6 is 0 Å². The van der Waals surface area contributed by atoms with Gasteiger partial charge in [-0.25, -0.2) is 0 Å². The summed E-state index contributed by atoms with van der Waals surface area (Å²) in [5.74, 6) is -3.81. The summed E-state index contributed by atoms with van der Waals surface area (Å²) in [6.07, 6.45) is 3.21. The maximum Gasteiger partial charge on any atom is 0.321 e. The molecule has 0 aliphatic rings. The molecule has 4 atom stereocenters. The molecule has 0 amide bonds. The highest BCUT2D eigenvalue weighted by Crippen LogP contribution is 2.38. The molecule has 38 heavy (non-hydrogen) atoms. The number of esters is 3. The third-order valence-corrected chi connectivity index (χ3v) is 6.98. The Kier molecular flexibility index (Phi) is 13.5. The molecule has 3 unspecified atom stereocenters. The lowest BCUT2D eigenvalue weighted by Crippen LogP contribution is -2.43. The SMILES string of the molecule is CCCCC(=O)Oc1ccc(C(C(C)C(C)OC(=O)C(C)(C)CC)[C@H](N)C(=O)O)cc1OC(=O)CCCC. The van der Waals surface area contributed by atoms with E-state index in [4.69, 9.17) is 19.9 Å². The Balaban J connectivity index is 3.43. The van der Waals surface area contributed by atoms with Gasteiger partial charge >= 0.3 is 23.9 Å². The summed E-state index contributed by atoms with van der Waals surface area (Å²) >= 11 is 0. The van der Waals surface area contributed by atoms with Crippen molar-refractivity contribution in [2.24, 2.45) is 17.1 Å². The van der Waals surface area contributed by atoms with Crippen LogP contribution in [0, 0.1) is 11.3 Å². The Bertz CT molecular complexity index is 958. The van der Waals surface area contributed by atoms with E-state index in [0.717, 1.165) is 12.8 Å². The smallest absolute Gasteiger partial charge is 0.321 e. The molecule has 0 fully saturated rings. The summed E-state index contributed by atoms with van der Waals surface area (Å²) in [5.41, 5.74) is 5.89. The molecule has 0 saturated carbocycles. The quantitative estimate of drug-likeness (QED) is 0.211. The average molecular weight is 536 g/mol. The molecule has 0 bridgehead atoms. The summed E-state index contributed by atoms with van der Waals surface area (Å²) in [7, 11) is 0. The first-order valence-electron chi connectivity index (χ1n) is 13.5. The van der Waals surface area contributed by atoms with Crippen molar-refractivity contribution in [1.29, 1.82) is 0 Å². The Morgan fingerprint density at radius 1 is 0.921 bits per heavy atom. The van der Waals surface area contributed by atoms with Crippen molar-refractivity contribution in [3.63, 3.8) is 0 Å². The van der Waals surface area contributed by atoms with Gasteiger partial charge < -0.3 is 25.1 Å². The number of hydrogen-bond donors (Lipinski definition) is 2. The first kappa shape index (κ1) is 33.1. The van der Waals surface area contributed by atoms with Gasteiger partial charge in [0, 0.05) is 24.7 Å². The largest absolute Gasteiger partial charge is 0.480 e. The van der Waals surface area contributed by atoms with Gasteiger partial charge in [0.25, 0.3) is 0 Å². The van der Waals surface area contributed by atoms with Gasteiger partial charge in [0.2, 0.25) is 0 Å². The molecule has 9 heteroatoms. The molecular weight excluding hydrogens is 490 g/mol. The molecule has 0 aliphatic carbocycles. The lowest BCUT2D eigenvalue weighted by molar-refractivity contribution is -0.162. The summed E-state index contributed by atoms with van der Waals surface area (Å²) in [5, 5.41) is 9.77. The maximum atomic E-state index is 12.7. The van der Waals surface area contributed by atoms with E-state index >= 15 is 0 Å².